The molecule has 0 spiro atoms. The third-order valence-electron chi connectivity index (χ3n) is 1.54. The second kappa shape index (κ2) is 3.61. The van der Waals surface area contributed by atoms with E-state index in [0.717, 1.165) is 0 Å². The number of halogens is 3. The van der Waals surface area contributed by atoms with E-state index in [1.807, 2.05) is 0 Å². The maximum atomic E-state index is 12.7. The van der Waals surface area contributed by atoms with Crippen LogP contribution in [0.15, 0.2) is 6.07 Å². The third kappa shape index (κ3) is 1.89. The second-order valence-corrected chi connectivity index (χ2v) is 2.40. The van der Waals surface area contributed by atoms with E-state index in [-0.39, 0.29) is 12.2 Å². The molecular weight excluding hydrogens is 183 g/mol. The molecule has 1 aromatic rings. The second-order valence-electron chi connectivity index (χ2n) is 2.40. The Morgan fingerprint density at radius 2 is 2.08 bits per heavy atom. The molecule has 0 aliphatic rings. The Labute approximate surface area is 72.6 Å². The first-order chi connectivity index (χ1) is 6.06. The first-order valence-corrected chi connectivity index (χ1v) is 3.49. The fourth-order valence-corrected chi connectivity index (χ4v) is 0.910. The van der Waals surface area contributed by atoms with Crippen LogP contribution in [0.5, 0.6) is 0 Å². The molecule has 13 heavy (non-hydrogen) atoms. The van der Waals surface area contributed by atoms with E-state index in [4.69, 9.17) is 11.5 Å². The minimum Gasteiger partial charge on any atom is -0.381 e. The van der Waals surface area contributed by atoms with Crippen molar-refractivity contribution in [1.82, 2.24) is 4.98 Å². The molecular formula is C7H8F3N3. The zero-order valence-corrected chi connectivity index (χ0v) is 6.60. The Morgan fingerprint density at radius 3 is 2.54 bits per heavy atom. The van der Waals surface area contributed by atoms with Gasteiger partial charge in [0.05, 0.1) is 5.69 Å². The van der Waals surface area contributed by atoms with Crippen molar-refractivity contribution in [3.63, 3.8) is 0 Å². The third-order valence-corrected chi connectivity index (χ3v) is 1.54. The van der Waals surface area contributed by atoms with Crippen LogP contribution in [0.2, 0.25) is 0 Å². The van der Waals surface area contributed by atoms with Crippen molar-refractivity contribution < 1.29 is 13.2 Å². The average molecular weight is 191 g/mol. The van der Waals surface area contributed by atoms with Crippen LogP contribution in [0.4, 0.5) is 19.0 Å². The molecule has 0 atom stereocenters. The predicted molar refractivity (Wildman–Crippen MR) is 41.5 cm³/mol. The zero-order valence-electron chi connectivity index (χ0n) is 6.60. The number of alkyl halides is 2. The van der Waals surface area contributed by atoms with Gasteiger partial charge >= 0.3 is 0 Å². The average Bonchev–Trinajstić information content (AvgIpc) is 2.08. The Balaban J connectivity index is 3.25. The number of nitrogens with two attached hydrogens (primary N) is 2. The van der Waals surface area contributed by atoms with Crippen molar-refractivity contribution in [2.24, 2.45) is 5.73 Å². The van der Waals surface area contributed by atoms with Crippen LogP contribution in [0.25, 0.3) is 0 Å². The summed E-state index contributed by atoms with van der Waals surface area (Å²) < 4.78 is 37.1. The Kier molecular flexibility index (Phi) is 2.72. The minimum atomic E-state index is -2.79. The molecule has 4 N–H and O–H groups in total. The van der Waals surface area contributed by atoms with E-state index in [1.54, 1.807) is 0 Å². The van der Waals surface area contributed by atoms with Gasteiger partial charge in [-0.3, -0.25) is 0 Å². The largest absolute Gasteiger partial charge is 0.381 e. The molecule has 0 bridgehead atoms. The lowest BCUT2D eigenvalue weighted by Crippen LogP contribution is -2.08. The van der Waals surface area contributed by atoms with Crippen LogP contribution in [0.3, 0.4) is 0 Å². The highest BCUT2D eigenvalue weighted by molar-refractivity contribution is 5.36. The van der Waals surface area contributed by atoms with Crippen LogP contribution in [0.1, 0.15) is 17.7 Å². The van der Waals surface area contributed by atoms with Gasteiger partial charge in [0.2, 0.25) is 0 Å². The number of aromatic nitrogens is 1. The summed E-state index contributed by atoms with van der Waals surface area (Å²) >= 11 is 0. The molecule has 1 aromatic heterocycles. The maximum absolute atomic E-state index is 12.7. The molecule has 1 rings (SSSR count). The van der Waals surface area contributed by atoms with Gasteiger partial charge in [0.1, 0.15) is 0 Å². The van der Waals surface area contributed by atoms with Crippen molar-refractivity contribution in [3.05, 3.63) is 23.1 Å². The molecule has 0 saturated carbocycles. The van der Waals surface area contributed by atoms with E-state index in [9.17, 15) is 13.2 Å². The SMILES string of the molecule is NCc1nc(N)c(F)cc1C(F)F. The topological polar surface area (TPSA) is 64.9 Å². The predicted octanol–water partition coefficient (Wildman–Crippen LogP) is 1.20. The van der Waals surface area contributed by atoms with Crippen LogP contribution >= 0.6 is 0 Å². The number of hydrogen-bond donors (Lipinski definition) is 2. The zero-order chi connectivity index (χ0) is 10.0. The Morgan fingerprint density at radius 1 is 1.46 bits per heavy atom. The number of nitrogen functional groups attached to an aromatic ring is 1. The number of anilines is 1. The van der Waals surface area contributed by atoms with E-state index in [1.165, 1.54) is 0 Å². The van der Waals surface area contributed by atoms with E-state index in [2.05, 4.69) is 4.98 Å². The van der Waals surface area contributed by atoms with Gasteiger partial charge in [0.15, 0.2) is 11.6 Å². The van der Waals surface area contributed by atoms with Crippen molar-refractivity contribution in [2.45, 2.75) is 13.0 Å². The summed E-state index contributed by atoms with van der Waals surface area (Å²) in [6, 6.07) is 0.662. The van der Waals surface area contributed by atoms with E-state index in [0.29, 0.717) is 6.07 Å². The molecule has 0 radical (unpaired) electrons. The molecule has 0 aliphatic heterocycles. The summed E-state index contributed by atoms with van der Waals surface area (Å²) in [4.78, 5) is 3.41. The highest BCUT2D eigenvalue weighted by Crippen LogP contribution is 2.24. The van der Waals surface area contributed by atoms with Gasteiger partial charge in [-0.05, 0) is 6.07 Å². The molecule has 1 heterocycles. The fraction of sp³-hybridized carbons (Fsp3) is 0.286. The fourth-order valence-electron chi connectivity index (χ4n) is 0.910. The first-order valence-electron chi connectivity index (χ1n) is 3.49. The minimum absolute atomic E-state index is 0.0751. The van der Waals surface area contributed by atoms with Gasteiger partial charge in [-0.15, -0.1) is 0 Å². The van der Waals surface area contributed by atoms with E-state index >= 15 is 0 Å². The summed E-state index contributed by atoms with van der Waals surface area (Å²) in [6.45, 7) is -0.190. The summed E-state index contributed by atoms with van der Waals surface area (Å²) in [5, 5.41) is 0. The summed E-state index contributed by atoms with van der Waals surface area (Å²) in [7, 11) is 0. The van der Waals surface area contributed by atoms with Gasteiger partial charge in [-0.1, -0.05) is 0 Å². The van der Waals surface area contributed by atoms with Crippen molar-refractivity contribution in [1.29, 1.82) is 0 Å². The highest BCUT2D eigenvalue weighted by Gasteiger charge is 2.16. The van der Waals surface area contributed by atoms with Gasteiger partial charge in [0, 0.05) is 12.1 Å². The Bertz CT molecular complexity index is 314. The molecule has 0 saturated heterocycles. The van der Waals surface area contributed by atoms with Crippen LogP contribution in [-0.4, -0.2) is 4.98 Å². The molecule has 0 amide bonds. The van der Waals surface area contributed by atoms with Crippen LogP contribution in [-0.2, 0) is 6.54 Å². The maximum Gasteiger partial charge on any atom is 0.265 e. The number of hydrogen-bond acceptors (Lipinski definition) is 3. The smallest absolute Gasteiger partial charge is 0.265 e. The van der Waals surface area contributed by atoms with Crippen molar-refractivity contribution in [3.8, 4) is 0 Å². The van der Waals surface area contributed by atoms with Gasteiger partial charge in [-0.2, -0.15) is 0 Å². The van der Waals surface area contributed by atoms with Crippen molar-refractivity contribution >= 4 is 5.82 Å². The normalized spacial score (nSPS) is 10.8. The number of rotatable bonds is 2. The standard InChI is InChI=1S/C7H8F3N3/c8-4-1-3(6(9)10)5(2-11)13-7(4)12/h1,6H,2,11H2,(H2,12,13). The lowest BCUT2D eigenvalue weighted by Gasteiger charge is -2.07. The van der Waals surface area contributed by atoms with Crippen LogP contribution < -0.4 is 11.5 Å². The molecule has 0 fully saturated rings. The molecule has 6 heteroatoms. The quantitative estimate of drug-likeness (QED) is 0.738. The molecule has 0 aliphatic carbocycles. The van der Waals surface area contributed by atoms with Gasteiger partial charge in [0.25, 0.3) is 6.43 Å². The first kappa shape index (κ1) is 9.79. The number of nitrogens with zero attached hydrogens (tertiary/aromatic N) is 1. The van der Waals surface area contributed by atoms with E-state index < -0.39 is 23.6 Å². The lowest BCUT2D eigenvalue weighted by atomic mass is 10.2. The highest BCUT2D eigenvalue weighted by atomic mass is 19.3. The summed E-state index contributed by atoms with van der Waals surface area (Å²) in [5.74, 6) is -1.36. The van der Waals surface area contributed by atoms with Gasteiger partial charge in [-0.25, -0.2) is 18.2 Å². The summed E-state index contributed by atoms with van der Waals surface area (Å²) in [6.07, 6.45) is -2.79. The lowest BCUT2D eigenvalue weighted by molar-refractivity contribution is 0.149. The molecule has 72 valence electrons. The Hall–Kier alpha value is -1.30. The van der Waals surface area contributed by atoms with Crippen LogP contribution in [0, 0.1) is 5.82 Å². The number of pyridine rings is 1. The van der Waals surface area contributed by atoms with Crippen molar-refractivity contribution in [2.75, 3.05) is 5.73 Å². The molecule has 3 nitrogen and oxygen atoms in total. The van der Waals surface area contributed by atoms with Gasteiger partial charge < -0.3 is 11.5 Å². The summed E-state index contributed by atoms with van der Waals surface area (Å²) in [5.41, 5.74) is 9.63. The monoisotopic (exact) mass is 191 g/mol. The molecule has 0 aromatic carbocycles. The molecule has 0 unspecified atom stereocenters.